The summed E-state index contributed by atoms with van der Waals surface area (Å²) in [6.07, 6.45) is -16.4. The van der Waals surface area contributed by atoms with Gasteiger partial charge in [-0.3, -0.25) is 0 Å². The lowest BCUT2D eigenvalue weighted by Gasteiger charge is -2.29. The Morgan fingerprint density at radius 1 is 0.967 bits per heavy atom. The number of halogens is 7. The van der Waals surface area contributed by atoms with Gasteiger partial charge in [-0.15, -0.1) is 0 Å². The van der Waals surface area contributed by atoms with Crippen molar-refractivity contribution in [2.75, 3.05) is 18.6 Å². The van der Waals surface area contributed by atoms with E-state index in [0.717, 1.165) is 17.0 Å². The second-order valence-electron chi connectivity index (χ2n) is 6.25. The minimum atomic E-state index is -4.89. The number of anilines is 1. The Bertz CT molecular complexity index is 830. The Labute approximate surface area is 167 Å². The Hall–Kier alpha value is -2.69. The fraction of sp³-hybridized carbons (Fsp3) is 0.368. The molecule has 2 rings (SSSR count). The van der Waals surface area contributed by atoms with Crippen LogP contribution >= 0.6 is 0 Å². The average molecular weight is 441 g/mol. The van der Waals surface area contributed by atoms with E-state index in [9.17, 15) is 35.8 Å². The van der Waals surface area contributed by atoms with Crippen molar-refractivity contribution in [1.29, 1.82) is 0 Å². The SMILES string of the molecule is COc1cccc(N(Cc2cccc(OC(F)(F)C(F)F)c2)CC(O)C(F)(F)F)c1. The number of nitrogens with zero attached hydrogens (tertiary/aromatic N) is 1. The van der Waals surface area contributed by atoms with Gasteiger partial charge in [-0.25, -0.2) is 0 Å². The van der Waals surface area contributed by atoms with E-state index in [-0.39, 0.29) is 17.8 Å². The maximum absolute atomic E-state index is 13.1. The smallest absolute Gasteiger partial charge is 0.461 e. The number of alkyl halides is 7. The van der Waals surface area contributed by atoms with Gasteiger partial charge in [0.05, 0.1) is 13.7 Å². The van der Waals surface area contributed by atoms with Crippen molar-refractivity contribution in [3.63, 3.8) is 0 Å². The van der Waals surface area contributed by atoms with Crippen LogP contribution in [0.5, 0.6) is 11.5 Å². The largest absolute Gasteiger partial charge is 0.497 e. The third-order valence-electron chi connectivity index (χ3n) is 3.97. The highest BCUT2D eigenvalue weighted by atomic mass is 19.4. The fourth-order valence-electron chi connectivity index (χ4n) is 2.51. The molecule has 0 saturated carbocycles. The van der Waals surface area contributed by atoms with Crippen LogP contribution in [0.4, 0.5) is 36.4 Å². The second-order valence-corrected chi connectivity index (χ2v) is 6.25. The van der Waals surface area contributed by atoms with Gasteiger partial charge >= 0.3 is 18.7 Å². The third-order valence-corrected chi connectivity index (χ3v) is 3.97. The zero-order chi connectivity index (χ0) is 22.5. The Kier molecular flexibility index (Phi) is 7.40. The summed E-state index contributed by atoms with van der Waals surface area (Å²) in [5.41, 5.74) is 0.441. The molecule has 1 unspecified atom stereocenters. The zero-order valence-electron chi connectivity index (χ0n) is 15.5. The molecule has 0 aromatic heterocycles. The maximum atomic E-state index is 13.1. The highest BCUT2D eigenvalue weighted by molar-refractivity contribution is 5.51. The first-order chi connectivity index (χ1) is 13.9. The standard InChI is InChI=1S/C19H18F7NO3/c1-29-14-6-3-5-13(9-14)27(11-16(28)18(22,23)24)10-12-4-2-7-15(8-12)30-19(25,26)17(20)21/h2-9,16-17,28H,10-11H2,1H3. The van der Waals surface area contributed by atoms with Crippen molar-refractivity contribution in [3.8, 4) is 11.5 Å². The van der Waals surface area contributed by atoms with Crippen LogP contribution < -0.4 is 14.4 Å². The van der Waals surface area contributed by atoms with Crippen LogP contribution in [0.25, 0.3) is 0 Å². The van der Waals surface area contributed by atoms with Crippen LogP contribution in [0.2, 0.25) is 0 Å². The van der Waals surface area contributed by atoms with Crippen LogP contribution in [0.3, 0.4) is 0 Å². The Morgan fingerprint density at radius 2 is 1.60 bits per heavy atom. The van der Waals surface area contributed by atoms with E-state index < -0.39 is 37.1 Å². The number of aliphatic hydroxyl groups is 1. The van der Waals surface area contributed by atoms with Gasteiger partial charge in [0.1, 0.15) is 11.5 Å². The van der Waals surface area contributed by atoms with Gasteiger partial charge in [-0.2, -0.15) is 30.7 Å². The molecule has 0 fully saturated rings. The number of aliphatic hydroxyl groups excluding tert-OH is 1. The first-order valence-corrected chi connectivity index (χ1v) is 8.50. The van der Waals surface area contributed by atoms with Crippen molar-refractivity contribution in [1.82, 2.24) is 0 Å². The van der Waals surface area contributed by atoms with Gasteiger partial charge < -0.3 is 19.5 Å². The molecule has 11 heteroatoms. The molecule has 4 nitrogen and oxygen atoms in total. The van der Waals surface area contributed by atoms with Crippen LogP contribution in [0.1, 0.15) is 5.56 Å². The molecular formula is C19H18F7NO3. The molecule has 1 N–H and O–H groups in total. The first kappa shape index (κ1) is 23.6. The maximum Gasteiger partial charge on any atom is 0.461 e. The number of hydrogen-bond acceptors (Lipinski definition) is 4. The normalized spacial score (nSPS) is 13.3. The lowest BCUT2D eigenvalue weighted by Crippen LogP contribution is -2.40. The fourth-order valence-corrected chi connectivity index (χ4v) is 2.51. The van der Waals surface area contributed by atoms with E-state index in [2.05, 4.69) is 4.74 Å². The van der Waals surface area contributed by atoms with E-state index >= 15 is 0 Å². The molecule has 2 aromatic carbocycles. The van der Waals surface area contributed by atoms with Crippen LogP contribution in [0.15, 0.2) is 48.5 Å². The molecule has 0 aliphatic rings. The van der Waals surface area contributed by atoms with Crippen LogP contribution in [-0.2, 0) is 6.54 Å². The highest BCUT2D eigenvalue weighted by Crippen LogP contribution is 2.30. The number of rotatable bonds is 9. The minimum absolute atomic E-state index is 0.190. The molecule has 2 aromatic rings. The molecule has 0 heterocycles. The number of ether oxygens (including phenoxy) is 2. The number of methoxy groups -OCH3 is 1. The van der Waals surface area contributed by atoms with Gasteiger partial charge in [0, 0.05) is 18.3 Å². The number of benzene rings is 2. The third kappa shape index (κ3) is 6.41. The monoisotopic (exact) mass is 441 g/mol. The van der Waals surface area contributed by atoms with Crippen LogP contribution in [-0.4, -0.2) is 43.6 Å². The van der Waals surface area contributed by atoms with Gasteiger partial charge in [-0.1, -0.05) is 18.2 Å². The van der Waals surface area contributed by atoms with E-state index in [1.807, 2.05) is 0 Å². The van der Waals surface area contributed by atoms with Gasteiger partial charge in [0.15, 0.2) is 6.10 Å². The summed E-state index contributed by atoms with van der Waals surface area (Å²) in [7, 11) is 1.36. The van der Waals surface area contributed by atoms with Gasteiger partial charge in [-0.05, 0) is 29.8 Å². The predicted molar refractivity (Wildman–Crippen MR) is 94.1 cm³/mol. The predicted octanol–water partition coefficient (Wildman–Crippen LogP) is 4.86. The van der Waals surface area contributed by atoms with Crippen LogP contribution in [0, 0.1) is 0 Å². The summed E-state index contributed by atoms with van der Waals surface area (Å²) >= 11 is 0. The average Bonchev–Trinajstić information content (AvgIpc) is 2.66. The van der Waals surface area contributed by atoms with E-state index in [1.54, 1.807) is 6.07 Å². The summed E-state index contributed by atoms with van der Waals surface area (Å²) in [4.78, 5) is 1.14. The van der Waals surface area contributed by atoms with Crippen molar-refractivity contribution in [2.45, 2.75) is 31.4 Å². The molecule has 0 aliphatic carbocycles. The lowest BCUT2D eigenvalue weighted by molar-refractivity contribution is -0.253. The molecular weight excluding hydrogens is 423 g/mol. The quantitative estimate of drug-likeness (QED) is 0.565. The first-order valence-electron chi connectivity index (χ1n) is 8.50. The summed E-state index contributed by atoms with van der Waals surface area (Å²) in [6, 6.07) is 10.6. The zero-order valence-corrected chi connectivity index (χ0v) is 15.5. The summed E-state index contributed by atoms with van der Waals surface area (Å²) in [6.45, 7) is -1.13. The molecule has 30 heavy (non-hydrogen) atoms. The van der Waals surface area contributed by atoms with E-state index in [0.29, 0.717) is 5.75 Å². The highest BCUT2D eigenvalue weighted by Gasteiger charge is 2.44. The second kappa shape index (κ2) is 9.41. The topological polar surface area (TPSA) is 41.9 Å². The molecule has 0 spiro atoms. The molecule has 0 aliphatic heterocycles. The minimum Gasteiger partial charge on any atom is -0.497 e. The van der Waals surface area contributed by atoms with Crippen molar-refractivity contribution >= 4 is 5.69 Å². The number of hydrogen-bond donors (Lipinski definition) is 1. The van der Waals surface area contributed by atoms with E-state index in [1.165, 1.54) is 37.4 Å². The Balaban J connectivity index is 2.30. The van der Waals surface area contributed by atoms with Gasteiger partial charge in [0.2, 0.25) is 0 Å². The molecule has 0 bridgehead atoms. The molecule has 0 amide bonds. The summed E-state index contributed by atoms with van der Waals surface area (Å²) in [5, 5.41) is 9.49. The summed E-state index contributed by atoms with van der Waals surface area (Å²) < 4.78 is 98.5. The van der Waals surface area contributed by atoms with Crippen molar-refractivity contribution < 1.29 is 45.3 Å². The molecule has 0 radical (unpaired) electrons. The molecule has 166 valence electrons. The lowest BCUT2D eigenvalue weighted by atomic mass is 10.1. The molecule has 1 atom stereocenters. The molecule has 0 saturated heterocycles. The van der Waals surface area contributed by atoms with E-state index in [4.69, 9.17) is 4.74 Å². The van der Waals surface area contributed by atoms with Crippen molar-refractivity contribution in [2.24, 2.45) is 0 Å². The summed E-state index contributed by atoms with van der Waals surface area (Å²) in [5.74, 6) is -0.243. The Morgan fingerprint density at radius 3 is 2.20 bits per heavy atom. The van der Waals surface area contributed by atoms with Crippen molar-refractivity contribution in [3.05, 3.63) is 54.1 Å². The van der Waals surface area contributed by atoms with Gasteiger partial charge in [0.25, 0.3) is 0 Å².